The summed E-state index contributed by atoms with van der Waals surface area (Å²) >= 11 is 0. The molecule has 156 valence electrons. The van der Waals surface area contributed by atoms with E-state index in [-0.39, 0.29) is 6.42 Å². The molecule has 3 amide bonds. The van der Waals surface area contributed by atoms with Gasteiger partial charge in [0.05, 0.1) is 7.11 Å². The van der Waals surface area contributed by atoms with Gasteiger partial charge >= 0.3 is 12.0 Å². The monoisotopic (exact) mass is 409 g/mol. The van der Waals surface area contributed by atoms with E-state index in [1.165, 1.54) is 7.05 Å². The van der Waals surface area contributed by atoms with Gasteiger partial charge in [0.25, 0.3) is 5.91 Å². The number of nitrogens with one attached hydrogen (secondary N) is 3. The molecular formula is C22H23N3O5. The van der Waals surface area contributed by atoms with Gasteiger partial charge < -0.3 is 19.8 Å². The minimum absolute atomic E-state index is 0.0955. The van der Waals surface area contributed by atoms with E-state index in [1.807, 2.05) is 53.8 Å². The Balaban J connectivity index is 1.72. The zero-order chi connectivity index (χ0) is 21.5. The van der Waals surface area contributed by atoms with Gasteiger partial charge in [0.15, 0.2) is 6.61 Å². The second-order valence-corrected chi connectivity index (χ2v) is 6.54. The molecule has 0 unspecified atom stereocenters. The molecular weight excluding hydrogens is 386 g/mol. The number of esters is 1. The van der Waals surface area contributed by atoms with Crippen molar-refractivity contribution in [3.63, 3.8) is 0 Å². The van der Waals surface area contributed by atoms with Crippen molar-refractivity contribution in [1.82, 2.24) is 15.6 Å². The highest BCUT2D eigenvalue weighted by Crippen LogP contribution is 2.32. The third-order valence-corrected chi connectivity index (χ3v) is 4.62. The summed E-state index contributed by atoms with van der Waals surface area (Å²) in [5.41, 5.74) is 3.85. The SMILES string of the molecule is CNC(=O)NC(=O)COC(=O)CCc1c(-c2ccc(OC)cc2)[nH]c2ccccc12. The summed E-state index contributed by atoms with van der Waals surface area (Å²) in [6.45, 7) is -0.508. The first-order valence-electron chi connectivity index (χ1n) is 9.43. The molecule has 3 rings (SSSR count). The molecule has 30 heavy (non-hydrogen) atoms. The summed E-state index contributed by atoms with van der Waals surface area (Å²) in [6.07, 6.45) is 0.527. The van der Waals surface area contributed by atoms with Crippen LogP contribution >= 0.6 is 0 Å². The molecule has 0 bridgehead atoms. The number of ether oxygens (including phenoxy) is 2. The van der Waals surface area contributed by atoms with E-state index in [2.05, 4.69) is 10.3 Å². The smallest absolute Gasteiger partial charge is 0.321 e. The number of para-hydroxylation sites is 1. The number of rotatable bonds is 7. The Morgan fingerprint density at radius 2 is 1.77 bits per heavy atom. The van der Waals surface area contributed by atoms with Crippen molar-refractivity contribution in [2.45, 2.75) is 12.8 Å². The van der Waals surface area contributed by atoms with E-state index < -0.39 is 24.5 Å². The number of imide groups is 1. The molecule has 2 aromatic carbocycles. The average Bonchev–Trinajstić information content (AvgIpc) is 3.14. The van der Waals surface area contributed by atoms with Crippen LogP contribution in [0.5, 0.6) is 5.75 Å². The van der Waals surface area contributed by atoms with Crippen LogP contribution < -0.4 is 15.4 Å². The number of carbonyl (C=O) groups is 3. The van der Waals surface area contributed by atoms with Crippen molar-refractivity contribution in [2.75, 3.05) is 20.8 Å². The topological polar surface area (TPSA) is 110 Å². The summed E-state index contributed by atoms with van der Waals surface area (Å²) in [5, 5.41) is 5.31. The van der Waals surface area contributed by atoms with E-state index in [0.717, 1.165) is 33.5 Å². The predicted octanol–water partition coefficient (Wildman–Crippen LogP) is 2.77. The molecule has 1 aromatic heterocycles. The molecule has 0 atom stereocenters. The van der Waals surface area contributed by atoms with Gasteiger partial charge in [0.1, 0.15) is 5.75 Å². The number of benzene rings is 2. The Morgan fingerprint density at radius 3 is 2.47 bits per heavy atom. The van der Waals surface area contributed by atoms with Crippen molar-refractivity contribution in [2.24, 2.45) is 0 Å². The zero-order valence-electron chi connectivity index (χ0n) is 16.8. The van der Waals surface area contributed by atoms with Gasteiger partial charge in [0.2, 0.25) is 0 Å². The lowest BCUT2D eigenvalue weighted by Crippen LogP contribution is -2.39. The van der Waals surface area contributed by atoms with E-state index in [1.54, 1.807) is 7.11 Å². The van der Waals surface area contributed by atoms with E-state index in [4.69, 9.17) is 9.47 Å². The second kappa shape index (κ2) is 9.60. The maximum absolute atomic E-state index is 12.1. The number of amides is 3. The number of methoxy groups -OCH3 is 1. The number of hydrogen-bond acceptors (Lipinski definition) is 5. The highest BCUT2D eigenvalue weighted by atomic mass is 16.5. The second-order valence-electron chi connectivity index (χ2n) is 6.54. The lowest BCUT2D eigenvalue weighted by atomic mass is 10.0. The fourth-order valence-electron chi connectivity index (χ4n) is 3.13. The standard InChI is InChI=1S/C22H23N3O5/c1-23-22(28)25-19(26)13-30-20(27)12-11-17-16-5-3-4-6-18(16)24-21(17)14-7-9-15(29-2)10-8-14/h3-10,24H,11-13H2,1-2H3,(H2,23,25,26,28). The van der Waals surface area contributed by atoms with Gasteiger partial charge in [-0.05, 0) is 47.9 Å². The van der Waals surface area contributed by atoms with Crippen molar-refractivity contribution in [3.05, 3.63) is 54.1 Å². The van der Waals surface area contributed by atoms with E-state index >= 15 is 0 Å². The summed E-state index contributed by atoms with van der Waals surface area (Å²) in [6, 6.07) is 14.9. The molecule has 0 saturated carbocycles. The fourth-order valence-corrected chi connectivity index (χ4v) is 3.13. The van der Waals surface area contributed by atoms with Crippen LogP contribution in [0.3, 0.4) is 0 Å². The average molecular weight is 409 g/mol. The minimum atomic E-state index is -0.686. The van der Waals surface area contributed by atoms with Crippen LogP contribution in [0.15, 0.2) is 48.5 Å². The van der Waals surface area contributed by atoms with Crippen LogP contribution in [0.1, 0.15) is 12.0 Å². The Morgan fingerprint density at radius 1 is 1.03 bits per heavy atom. The number of urea groups is 1. The summed E-state index contributed by atoms with van der Waals surface area (Å²) in [5.74, 6) is -0.447. The van der Waals surface area contributed by atoms with Crippen LogP contribution in [0.4, 0.5) is 4.79 Å². The van der Waals surface area contributed by atoms with Crippen LogP contribution in [-0.4, -0.2) is 43.7 Å². The number of carbonyl (C=O) groups excluding carboxylic acids is 3. The van der Waals surface area contributed by atoms with Crippen molar-refractivity contribution >= 4 is 28.8 Å². The lowest BCUT2D eigenvalue weighted by Gasteiger charge is -2.08. The predicted molar refractivity (Wildman–Crippen MR) is 112 cm³/mol. The number of aromatic nitrogens is 1. The highest BCUT2D eigenvalue weighted by Gasteiger charge is 2.16. The Labute approximate surface area is 173 Å². The molecule has 0 saturated heterocycles. The van der Waals surface area contributed by atoms with E-state index in [0.29, 0.717) is 6.42 Å². The molecule has 1 heterocycles. The molecule has 3 aromatic rings. The maximum Gasteiger partial charge on any atom is 0.321 e. The minimum Gasteiger partial charge on any atom is -0.497 e. The van der Waals surface area contributed by atoms with Crippen LogP contribution in [0.25, 0.3) is 22.2 Å². The Hall–Kier alpha value is -3.81. The van der Waals surface area contributed by atoms with E-state index in [9.17, 15) is 14.4 Å². The molecule has 8 heteroatoms. The Kier molecular flexibility index (Phi) is 6.69. The third kappa shape index (κ3) is 4.96. The number of H-pyrrole nitrogens is 1. The van der Waals surface area contributed by atoms with Gasteiger partial charge in [0, 0.05) is 30.1 Å². The van der Waals surface area contributed by atoms with Crippen molar-refractivity contribution < 1.29 is 23.9 Å². The number of hydrogen-bond donors (Lipinski definition) is 3. The molecule has 8 nitrogen and oxygen atoms in total. The van der Waals surface area contributed by atoms with Crippen LogP contribution in [-0.2, 0) is 20.7 Å². The lowest BCUT2D eigenvalue weighted by molar-refractivity contribution is -0.148. The van der Waals surface area contributed by atoms with Crippen molar-refractivity contribution in [1.29, 1.82) is 0 Å². The fraction of sp³-hybridized carbons (Fsp3) is 0.227. The Bertz CT molecular complexity index is 1060. The first-order valence-corrected chi connectivity index (χ1v) is 9.43. The number of aromatic amines is 1. The maximum atomic E-state index is 12.1. The van der Waals surface area contributed by atoms with Gasteiger partial charge in [-0.3, -0.25) is 14.9 Å². The largest absolute Gasteiger partial charge is 0.497 e. The molecule has 0 aliphatic carbocycles. The van der Waals surface area contributed by atoms with Gasteiger partial charge in [-0.2, -0.15) is 0 Å². The zero-order valence-corrected chi connectivity index (χ0v) is 16.8. The van der Waals surface area contributed by atoms with Gasteiger partial charge in [-0.15, -0.1) is 0 Å². The summed E-state index contributed by atoms with van der Waals surface area (Å²) in [7, 11) is 3.00. The quantitative estimate of drug-likeness (QED) is 0.520. The number of aryl methyl sites for hydroxylation is 1. The molecule has 0 fully saturated rings. The molecule has 0 radical (unpaired) electrons. The first kappa shape index (κ1) is 20.9. The van der Waals surface area contributed by atoms with Gasteiger partial charge in [-0.25, -0.2) is 4.79 Å². The first-order chi connectivity index (χ1) is 14.5. The summed E-state index contributed by atoms with van der Waals surface area (Å²) < 4.78 is 10.2. The van der Waals surface area contributed by atoms with Crippen molar-refractivity contribution in [3.8, 4) is 17.0 Å². The van der Waals surface area contributed by atoms with Crippen LogP contribution in [0.2, 0.25) is 0 Å². The third-order valence-electron chi connectivity index (χ3n) is 4.62. The summed E-state index contributed by atoms with van der Waals surface area (Å²) in [4.78, 5) is 38.2. The molecule has 0 aliphatic rings. The molecule has 0 spiro atoms. The highest BCUT2D eigenvalue weighted by molar-refractivity contribution is 5.95. The normalized spacial score (nSPS) is 10.5. The van der Waals surface area contributed by atoms with Gasteiger partial charge in [-0.1, -0.05) is 18.2 Å². The molecule has 0 aliphatic heterocycles. The number of fused-ring (bicyclic) bond motifs is 1. The van der Waals surface area contributed by atoms with Crippen LogP contribution in [0, 0.1) is 0 Å². The molecule has 3 N–H and O–H groups in total.